The molecule has 1 aromatic heterocycles. The molecule has 2 aromatic rings. The first-order valence-electron chi connectivity index (χ1n) is 7.95. The van der Waals surface area contributed by atoms with Crippen LogP contribution in [0.1, 0.15) is 47.2 Å². The summed E-state index contributed by atoms with van der Waals surface area (Å²) < 4.78 is 2.13. The van der Waals surface area contributed by atoms with E-state index >= 15 is 0 Å². The van der Waals surface area contributed by atoms with Crippen LogP contribution in [0.4, 0.5) is 5.82 Å². The minimum absolute atomic E-state index is 0.0307. The third-order valence-corrected chi connectivity index (χ3v) is 5.11. The fourth-order valence-electron chi connectivity index (χ4n) is 3.89. The number of carbonyl (C=O) groups is 1. The number of aryl methyl sites for hydroxylation is 1. The Balaban J connectivity index is 1.75. The summed E-state index contributed by atoms with van der Waals surface area (Å²) in [5, 5.41) is 0. The van der Waals surface area contributed by atoms with E-state index in [1.54, 1.807) is 6.08 Å². The van der Waals surface area contributed by atoms with E-state index in [0.29, 0.717) is 5.92 Å². The number of anilines is 1. The maximum atomic E-state index is 12.1. The fraction of sp³-hybridized carbons (Fsp3) is 0.316. The van der Waals surface area contributed by atoms with Gasteiger partial charge in [0.1, 0.15) is 5.82 Å². The molecule has 22 heavy (non-hydrogen) atoms. The first-order chi connectivity index (χ1) is 10.7. The van der Waals surface area contributed by atoms with Crippen LogP contribution >= 0.6 is 0 Å². The first kappa shape index (κ1) is 13.4. The molecule has 1 saturated carbocycles. The molecule has 3 heteroatoms. The third-order valence-electron chi connectivity index (χ3n) is 5.11. The van der Waals surface area contributed by atoms with Crippen molar-refractivity contribution in [2.45, 2.75) is 37.6 Å². The van der Waals surface area contributed by atoms with Gasteiger partial charge in [0, 0.05) is 29.6 Å². The van der Waals surface area contributed by atoms with Gasteiger partial charge in [0.2, 0.25) is 0 Å². The lowest BCUT2D eigenvalue weighted by molar-refractivity contribution is 0.104. The minimum Gasteiger partial charge on any atom is -0.385 e. The minimum atomic E-state index is -0.0307. The van der Waals surface area contributed by atoms with Gasteiger partial charge in [0.05, 0.1) is 0 Å². The van der Waals surface area contributed by atoms with E-state index in [2.05, 4.69) is 35.9 Å². The zero-order valence-electron chi connectivity index (χ0n) is 12.8. The van der Waals surface area contributed by atoms with Crippen LogP contribution in [0.5, 0.6) is 0 Å². The Morgan fingerprint density at radius 3 is 2.95 bits per heavy atom. The first-order valence-corrected chi connectivity index (χ1v) is 7.95. The summed E-state index contributed by atoms with van der Waals surface area (Å²) in [6.45, 7) is 3.11. The predicted molar refractivity (Wildman–Crippen MR) is 88.1 cm³/mol. The van der Waals surface area contributed by atoms with Crippen LogP contribution in [0.3, 0.4) is 0 Å². The number of ketones is 1. The summed E-state index contributed by atoms with van der Waals surface area (Å²) in [4.78, 5) is 12.1. The summed E-state index contributed by atoms with van der Waals surface area (Å²) in [6.07, 6.45) is 8.03. The van der Waals surface area contributed by atoms with Gasteiger partial charge in [-0.2, -0.15) is 0 Å². The van der Waals surface area contributed by atoms with Crippen molar-refractivity contribution in [3.05, 3.63) is 65.4 Å². The lowest BCUT2D eigenvalue weighted by Gasteiger charge is -2.21. The SMILES string of the molecule is CCCn1ccc(C2CC23C=CC(=O)c2ccccc23)c1N. The molecule has 4 rings (SSSR count). The molecule has 2 atom stereocenters. The molecule has 0 saturated heterocycles. The number of allylic oxidation sites excluding steroid dienone is 2. The summed E-state index contributed by atoms with van der Waals surface area (Å²) in [6, 6.07) is 10.1. The largest absolute Gasteiger partial charge is 0.385 e. The average molecular weight is 292 g/mol. The van der Waals surface area contributed by atoms with Crippen LogP contribution in [-0.2, 0) is 12.0 Å². The number of benzene rings is 1. The van der Waals surface area contributed by atoms with Crippen molar-refractivity contribution in [2.24, 2.45) is 0 Å². The number of hydrogen-bond acceptors (Lipinski definition) is 2. The van der Waals surface area contributed by atoms with Crippen LogP contribution in [0.2, 0.25) is 0 Å². The third kappa shape index (κ3) is 1.71. The Morgan fingerprint density at radius 1 is 1.32 bits per heavy atom. The number of aromatic nitrogens is 1. The molecular weight excluding hydrogens is 272 g/mol. The highest BCUT2D eigenvalue weighted by atomic mass is 16.1. The number of nitrogens with zero attached hydrogens (tertiary/aromatic N) is 1. The zero-order chi connectivity index (χ0) is 15.3. The summed E-state index contributed by atoms with van der Waals surface area (Å²) in [7, 11) is 0. The number of carbonyl (C=O) groups excluding carboxylic acids is 1. The van der Waals surface area contributed by atoms with Crippen molar-refractivity contribution in [2.75, 3.05) is 5.73 Å². The molecule has 1 fully saturated rings. The van der Waals surface area contributed by atoms with Crippen molar-refractivity contribution < 1.29 is 4.79 Å². The van der Waals surface area contributed by atoms with Gasteiger partial charge in [-0.25, -0.2) is 0 Å². The van der Waals surface area contributed by atoms with Gasteiger partial charge in [0.15, 0.2) is 5.78 Å². The lowest BCUT2D eigenvalue weighted by atomic mass is 9.82. The quantitative estimate of drug-likeness (QED) is 0.938. The molecule has 3 nitrogen and oxygen atoms in total. The molecule has 0 amide bonds. The monoisotopic (exact) mass is 292 g/mol. The molecule has 2 aliphatic rings. The lowest BCUT2D eigenvalue weighted by Crippen LogP contribution is -2.17. The molecule has 1 aromatic carbocycles. The van der Waals surface area contributed by atoms with Crippen LogP contribution in [-0.4, -0.2) is 10.4 Å². The van der Waals surface area contributed by atoms with Gasteiger partial charge in [-0.15, -0.1) is 0 Å². The van der Waals surface area contributed by atoms with Gasteiger partial charge in [-0.3, -0.25) is 4.79 Å². The Kier molecular flexibility index (Phi) is 2.80. The van der Waals surface area contributed by atoms with E-state index in [1.807, 2.05) is 18.2 Å². The highest BCUT2D eigenvalue weighted by Crippen LogP contribution is 2.64. The molecule has 1 spiro atoms. The maximum absolute atomic E-state index is 12.1. The van der Waals surface area contributed by atoms with Crippen LogP contribution in [0.15, 0.2) is 48.7 Å². The van der Waals surface area contributed by atoms with Gasteiger partial charge in [-0.1, -0.05) is 37.3 Å². The summed E-state index contributed by atoms with van der Waals surface area (Å²) in [5.74, 6) is 1.38. The van der Waals surface area contributed by atoms with Crippen molar-refractivity contribution in [1.82, 2.24) is 4.57 Å². The molecule has 2 N–H and O–H groups in total. The molecule has 112 valence electrons. The Hall–Kier alpha value is -2.29. The van der Waals surface area contributed by atoms with Crippen LogP contribution in [0, 0.1) is 0 Å². The highest BCUT2D eigenvalue weighted by molar-refractivity contribution is 6.07. The topological polar surface area (TPSA) is 48.0 Å². The number of nitrogen functional groups attached to an aromatic ring is 1. The summed E-state index contributed by atoms with van der Waals surface area (Å²) >= 11 is 0. The molecular formula is C19H20N2O. The summed E-state index contributed by atoms with van der Waals surface area (Å²) in [5.41, 5.74) is 9.54. The second kappa shape index (κ2) is 4.60. The Bertz CT molecular complexity index is 786. The van der Waals surface area contributed by atoms with E-state index in [-0.39, 0.29) is 11.2 Å². The Labute approximate surface area is 130 Å². The molecule has 2 unspecified atom stereocenters. The molecule has 0 bridgehead atoms. The highest BCUT2D eigenvalue weighted by Gasteiger charge is 2.57. The van der Waals surface area contributed by atoms with Crippen molar-refractivity contribution >= 4 is 11.6 Å². The Morgan fingerprint density at radius 2 is 2.14 bits per heavy atom. The van der Waals surface area contributed by atoms with E-state index in [9.17, 15) is 4.79 Å². The predicted octanol–water partition coefficient (Wildman–Crippen LogP) is 3.66. The van der Waals surface area contributed by atoms with Gasteiger partial charge < -0.3 is 10.3 Å². The molecule has 2 aliphatic carbocycles. The fourth-order valence-corrected chi connectivity index (χ4v) is 3.89. The molecule has 1 heterocycles. The maximum Gasteiger partial charge on any atom is 0.185 e. The average Bonchev–Trinajstić information content (AvgIpc) is 3.15. The zero-order valence-corrected chi connectivity index (χ0v) is 12.8. The van der Waals surface area contributed by atoms with Crippen molar-refractivity contribution in [1.29, 1.82) is 0 Å². The van der Waals surface area contributed by atoms with Gasteiger partial charge in [0.25, 0.3) is 0 Å². The van der Waals surface area contributed by atoms with E-state index in [0.717, 1.165) is 36.3 Å². The number of hydrogen-bond donors (Lipinski definition) is 1. The van der Waals surface area contributed by atoms with E-state index < -0.39 is 0 Å². The molecule has 0 aliphatic heterocycles. The van der Waals surface area contributed by atoms with E-state index in [1.165, 1.54) is 5.56 Å². The van der Waals surface area contributed by atoms with Crippen molar-refractivity contribution in [3.8, 4) is 0 Å². The van der Waals surface area contributed by atoms with Crippen molar-refractivity contribution in [3.63, 3.8) is 0 Å². The normalized spacial score (nSPS) is 25.5. The van der Waals surface area contributed by atoms with Gasteiger partial charge >= 0.3 is 0 Å². The molecule has 0 radical (unpaired) electrons. The second-order valence-electron chi connectivity index (χ2n) is 6.39. The standard InChI is InChI=1S/C19H20N2O/c1-2-10-21-11-8-14(18(21)20)16-12-19(16)9-7-17(22)13-5-3-4-6-15(13)19/h3-9,11,16H,2,10,12,20H2,1H3. The van der Waals surface area contributed by atoms with Crippen LogP contribution in [0.25, 0.3) is 0 Å². The van der Waals surface area contributed by atoms with Crippen LogP contribution < -0.4 is 5.73 Å². The number of rotatable bonds is 3. The number of nitrogens with two attached hydrogens (primary N) is 1. The van der Waals surface area contributed by atoms with E-state index in [4.69, 9.17) is 5.73 Å². The second-order valence-corrected chi connectivity index (χ2v) is 6.39. The smallest absolute Gasteiger partial charge is 0.185 e. The number of fused-ring (bicyclic) bond motifs is 2. The van der Waals surface area contributed by atoms with Gasteiger partial charge in [-0.05, 0) is 36.1 Å².